The highest BCUT2D eigenvalue weighted by Gasteiger charge is 2.33. The van der Waals surface area contributed by atoms with Crippen LogP contribution in [0.25, 0.3) is 0 Å². The minimum absolute atomic E-state index is 0.0364. The van der Waals surface area contributed by atoms with Crippen molar-refractivity contribution >= 4 is 27.6 Å². The highest BCUT2D eigenvalue weighted by molar-refractivity contribution is 7.85. The summed E-state index contributed by atoms with van der Waals surface area (Å²) >= 11 is 0. The van der Waals surface area contributed by atoms with E-state index in [1.54, 1.807) is 0 Å². The Labute approximate surface area is 146 Å². The van der Waals surface area contributed by atoms with E-state index in [0.29, 0.717) is 11.8 Å². The molecule has 0 unspecified atom stereocenters. The van der Waals surface area contributed by atoms with Crippen LogP contribution in [-0.4, -0.2) is 41.2 Å². The molecule has 0 aliphatic heterocycles. The van der Waals surface area contributed by atoms with E-state index >= 15 is 0 Å². The second-order valence-electron chi connectivity index (χ2n) is 4.86. The molecule has 0 aliphatic rings. The number of hydrogen-bond donors (Lipinski definition) is 5. The van der Waals surface area contributed by atoms with Gasteiger partial charge in [-0.3, -0.25) is 15.4 Å². The fraction of sp³-hybridized carbons (Fsp3) is 0.231. The number of benzene rings is 1. The number of hydrazine groups is 1. The van der Waals surface area contributed by atoms with Crippen LogP contribution >= 0.6 is 0 Å². The fourth-order valence-corrected chi connectivity index (χ4v) is 2.23. The van der Waals surface area contributed by atoms with Crippen LogP contribution < -0.4 is 16.2 Å². The lowest BCUT2D eigenvalue weighted by Crippen LogP contribution is -2.17. The summed E-state index contributed by atoms with van der Waals surface area (Å²) in [5.74, 6) is -0.550. The molecular weight excluding hydrogens is 379 g/mol. The van der Waals surface area contributed by atoms with Gasteiger partial charge in [0.05, 0.1) is 17.2 Å². The number of hydrogen-bond acceptors (Lipinski definition) is 8. The van der Waals surface area contributed by atoms with Crippen LogP contribution in [0.1, 0.15) is 5.69 Å². The van der Waals surface area contributed by atoms with Gasteiger partial charge >= 0.3 is 6.18 Å². The summed E-state index contributed by atoms with van der Waals surface area (Å²) in [5, 5.41) is 11.2. The predicted octanol–water partition coefficient (Wildman–Crippen LogP) is 1.59. The quantitative estimate of drug-likeness (QED) is 0.351. The number of alkyl halides is 3. The van der Waals surface area contributed by atoms with Crippen molar-refractivity contribution in [3.8, 4) is 0 Å². The summed E-state index contributed by atoms with van der Waals surface area (Å²) < 4.78 is 69.5. The Bertz CT molecular complexity index is 859. The zero-order chi connectivity index (χ0) is 19.4. The number of anilines is 3. The number of nitrogens with one attached hydrogen (secondary N) is 3. The Morgan fingerprint density at radius 1 is 1.08 bits per heavy atom. The molecule has 0 fully saturated rings. The summed E-state index contributed by atoms with van der Waals surface area (Å²) in [6, 6.07) is 5.45. The summed E-state index contributed by atoms with van der Waals surface area (Å²) in [6.45, 7) is -0.355. The molecule has 13 heteroatoms. The van der Waals surface area contributed by atoms with Crippen LogP contribution in [0.4, 0.5) is 30.6 Å². The van der Waals surface area contributed by atoms with Gasteiger partial charge in [0.2, 0.25) is 5.95 Å². The largest absolute Gasteiger partial charge is 0.433 e. The second kappa shape index (κ2) is 7.72. The van der Waals surface area contributed by atoms with E-state index in [2.05, 4.69) is 26.1 Å². The minimum Gasteiger partial charge on any atom is -0.395 e. The zero-order valence-electron chi connectivity index (χ0n) is 12.9. The molecule has 0 amide bonds. The third-order valence-corrected chi connectivity index (χ3v) is 3.77. The van der Waals surface area contributed by atoms with E-state index in [0.717, 1.165) is 12.1 Å². The molecule has 0 bridgehead atoms. The average Bonchev–Trinajstić information content (AvgIpc) is 2.57. The predicted molar refractivity (Wildman–Crippen MR) is 86.1 cm³/mol. The van der Waals surface area contributed by atoms with Crippen LogP contribution in [0, 0.1) is 0 Å². The normalized spacial score (nSPS) is 11.9. The number of rotatable bonds is 7. The van der Waals surface area contributed by atoms with Gasteiger partial charge in [0.1, 0.15) is 0 Å². The van der Waals surface area contributed by atoms with Crippen molar-refractivity contribution in [2.75, 3.05) is 29.3 Å². The van der Waals surface area contributed by atoms with Gasteiger partial charge in [0.15, 0.2) is 11.5 Å². The second-order valence-corrected chi connectivity index (χ2v) is 6.28. The van der Waals surface area contributed by atoms with E-state index in [1.807, 2.05) is 0 Å². The third kappa shape index (κ3) is 5.44. The summed E-state index contributed by atoms with van der Waals surface area (Å²) in [5.41, 5.74) is 4.08. The number of nitrogens with zero attached hydrogens (tertiary/aromatic N) is 2. The van der Waals surface area contributed by atoms with Gasteiger partial charge < -0.3 is 10.4 Å². The number of aliphatic hydroxyl groups excluding tert-OH is 1. The molecular formula is C13H14F3N5O4S. The molecule has 0 spiro atoms. The number of aliphatic hydroxyl groups is 1. The maximum absolute atomic E-state index is 12.9. The van der Waals surface area contributed by atoms with E-state index in [9.17, 15) is 21.6 Å². The Morgan fingerprint density at radius 3 is 2.27 bits per heavy atom. The number of aromatic nitrogens is 2. The molecule has 142 valence electrons. The summed E-state index contributed by atoms with van der Waals surface area (Å²) in [6.07, 6.45) is -4.70. The van der Waals surface area contributed by atoms with Gasteiger partial charge in [-0.25, -0.2) is 4.98 Å². The lowest BCUT2D eigenvalue weighted by atomic mass is 10.3. The van der Waals surface area contributed by atoms with Gasteiger partial charge in [-0.05, 0) is 24.3 Å². The molecule has 0 saturated heterocycles. The molecule has 5 N–H and O–H groups in total. The van der Waals surface area contributed by atoms with Crippen LogP contribution in [0.15, 0.2) is 35.2 Å². The molecule has 1 aromatic carbocycles. The van der Waals surface area contributed by atoms with E-state index in [-0.39, 0.29) is 29.8 Å². The van der Waals surface area contributed by atoms with Gasteiger partial charge in [-0.15, -0.1) is 0 Å². The molecule has 0 radical (unpaired) electrons. The SMILES string of the molecule is O=S(=O)(O)c1ccc(NNc2cc(C(F)(F)F)nc(NCCO)n2)cc1. The van der Waals surface area contributed by atoms with Crippen LogP contribution in [-0.2, 0) is 16.3 Å². The standard InChI is InChI=1S/C13H14F3N5O4S/c14-13(15,16)10-7-11(19-12(18-10)17-5-6-22)21-20-8-1-3-9(4-2-8)26(23,24)25/h1-4,7,20,22H,5-6H2,(H,23,24,25)(H2,17,18,19,21). The van der Waals surface area contributed by atoms with Crippen LogP contribution in [0.3, 0.4) is 0 Å². The first-order valence-electron chi connectivity index (χ1n) is 7.00. The van der Waals surface area contributed by atoms with Gasteiger partial charge in [-0.2, -0.15) is 26.6 Å². The number of halogens is 3. The van der Waals surface area contributed by atoms with Crippen molar-refractivity contribution in [3.05, 3.63) is 36.0 Å². The van der Waals surface area contributed by atoms with Crippen molar-refractivity contribution in [3.63, 3.8) is 0 Å². The molecule has 0 saturated carbocycles. The van der Waals surface area contributed by atoms with Crippen molar-refractivity contribution in [1.82, 2.24) is 9.97 Å². The topological polar surface area (TPSA) is 136 Å². The monoisotopic (exact) mass is 393 g/mol. The Kier molecular flexibility index (Phi) is 5.84. The molecule has 0 aliphatic carbocycles. The van der Waals surface area contributed by atoms with Crippen molar-refractivity contribution in [2.45, 2.75) is 11.1 Å². The van der Waals surface area contributed by atoms with Gasteiger partial charge in [0.25, 0.3) is 10.1 Å². The summed E-state index contributed by atoms with van der Waals surface area (Å²) in [4.78, 5) is 6.80. The Balaban J connectivity index is 2.17. The Hall–Kier alpha value is -2.64. The van der Waals surface area contributed by atoms with Crippen LogP contribution in [0.5, 0.6) is 0 Å². The minimum atomic E-state index is -4.70. The van der Waals surface area contributed by atoms with Crippen molar-refractivity contribution < 1.29 is 31.2 Å². The maximum Gasteiger partial charge on any atom is 0.433 e. The maximum atomic E-state index is 12.9. The van der Waals surface area contributed by atoms with Crippen molar-refractivity contribution in [2.24, 2.45) is 0 Å². The molecule has 2 rings (SSSR count). The lowest BCUT2D eigenvalue weighted by molar-refractivity contribution is -0.141. The molecule has 1 aromatic heterocycles. The van der Waals surface area contributed by atoms with Gasteiger partial charge in [-0.1, -0.05) is 0 Å². The van der Waals surface area contributed by atoms with E-state index in [1.165, 1.54) is 12.1 Å². The summed E-state index contributed by atoms with van der Waals surface area (Å²) in [7, 11) is -4.35. The van der Waals surface area contributed by atoms with Crippen molar-refractivity contribution in [1.29, 1.82) is 0 Å². The zero-order valence-corrected chi connectivity index (χ0v) is 13.8. The smallest absolute Gasteiger partial charge is 0.395 e. The van der Waals surface area contributed by atoms with Gasteiger partial charge in [0, 0.05) is 12.6 Å². The van der Waals surface area contributed by atoms with E-state index < -0.39 is 22.0 Å². The highest BCUT2D eigenvalue weighted by Crippen LogP contribution is 2.29. The first-order valence-corrected chi connectivity index (χ1v) is 8.44. The molecule has 2 aromatic rings. The molecule has 0 atom stereocenters. The fourth-order valence-electron chi connectivity index (χ4n) is 1.75. The van der Waals surface area contributed by atoms with E-state index in [4.69, 9.17) is 9.66 Å². The first kappa shape index (κ1) is 19.7. The lowest BCUT2D eigenvalue weighted by Gasteiger charge is -2.13. The first-order chi connectivity index (χ1) is 12.1. The highest BCUT2D eigenvalue weighted by atomic mass is 32.2. The Morgan fingerprint density at radius 2 is 1.73 bits per heavy atom. The molecule has 9 nitrogen and oxygen atoms in total. The average molecular weight is 393 g/mol. The molecule has 1 heterocycles. The molecule has 26 heavy (non-hydrogen) atoms. The van der Waals surface area contributed by atoms with Crippen LogP contribution in [0.2, 0.25) is 0 Å². The third-order valence-electron chi connectivity index (χ3n) is 2.90.